The molecule has 33 heavy (non-hydrogen) atoms. The van der Waals surface area contributed by atoms with Crippen LogP contribution in [0.15, 0.2) is 60.7 Å². The summed E-state index contributed by atoms with van der Waals surface area (Å²) in [5.41, 5.74) is 4.43. The van der Waals surface area contributed by atoms with Crippen molar-refractivity contribution >= 4 is 11.8 Å². The van der Waals surface area contributed by atoms with E-state index in [2.05, 4.69) is 46.4 Å². The van der Waals surface area contributed by atoms with Crippen LogP contribution in [-0.4, -0.2) is 36.3 Å². The summed E-state index contributed by atoms with van der Waals surface area (Å²) in [5.74, 6) is 5.68. The average molecular weight is 443 g/mol. The van der Waals surface area contributed by atoms with Crippen LogP contribution in [0.25, 0.3) is 11.1 Å². The molecule has 2 aromatic carbocycles. The molecule has 0 spiro atoms. The van der Waals surface area contributed by atoms with Crippen LogP contribution in [0.4, 0.5) is 10.5 Å². The van der Waals surface area contributed by atoms with Gasteiger partial charge in [0.1, 0.15) is 6.61 Å². The van der Waals surface area contributed by atoms with Gasteiger partial charge in [0.25, 0.3) is 0 Å². The maximum Gasteiger partial charge on any atom is 0.407 e. The van der Waals surface area contributed by atoms with Crippen molar-refractivity contribution in [3.8, 4) is 28.8 Å². The second kappa shape index (κ2) is 9.83. The van der Waals surface area contributed by atoms with E-state index in [1.54, 1.807) is 0 Å². The molecule has 0 atom stereocenters. The molecule has 1 aliphatic rings. The van der Waals surface area contributed by atoms with Crippen molar-refractivity contribution in [2.45, 2.75) is 12.3 Å². The first-order valence-electron chi connectivity index (χ1n) is 10.4. The number of nitro groups is 1. The van der Waals surface area contributed by atoms with Crippen molar-refractivity contribution in [1.82, 2.24) is 10.3 Å². The number of pyridine rings is 1. The molecule has 0 aliphatic heterocycles. The molecule has 3 aromatic rings. The van der Waals surface area contributed by atoms with Crippen LogP contribution in [0.1, 0.15) is 29.2 Å². The van der Waals surface area contributed by atoms with Crippen LogP contribution in [0.5, 0.6) is 5.88 Å². The van der Waals surface area contributed by atoms with Crippen LogP contribution < -0.4 is 10.1 Å². The van der Waals surface area contributed by atoms with E-state index in [0.717, 1.165) is 22.3 Å². The van der Waals surface area contributed by atoms with Crippen molar-refractivity contribution in [2.24, 2.45) is 0 Å². The molecule has 1 aromatic heterocycles. The van der Waals surface area contributed by atoms with Crippen molar-refractivity contribution in [3.05, 3.63) is 87.6 Å². The number of methoxy groups -OCH3 is 1. The van der Waals surface area contributed by atoms with Crippen LogP contribution in [0.3, 0.4) is 0 Å². The third-order valence-electron chi connectivity index (χ3n) is 5.32. The molecule has 0 saturated heterocycles. The normalized spacial score (nSPS) is 11.5. The fourth-order valence-electron chi connectivity index (χ4n) is 3.81. The Morgan fingerprint density at radius 1 is 1.09 bits per heavy atom. The first-order valence-corrected chi connectivity index (χ1v) is 10.4. The van der Waals surface area contributed by atoms with E-state index >= 15 is 0 Å². The second-order valence-electron chi connectivity index (χ2n) is 7.28. The molecule has 4 rings (SSSR count). The van der Waals surface area contributed by atoms with E-state index in [9.17, 15) is 14.9 Å². The van der Waals surface area contributed by atoms with Crippen molar-refractivity contribution in [3.63, 3.8) is 0 Å². The van der Waals surface area contributed by atoms with Crippen LogP contribution in [0.2, 0.25) is 0 Å². The molecule has 1 N–H and O–H groups in total. The summed E-state index contributed by atoms with van der Waals surface area (Å²) < 4.78 is 10.5. The standard InChI is InChI=1S/C25H21N3O5/c1-32-24-14-13-23(28(30)31)22(27-24)12-6-7-15-26-25(29)33-16-21-19-10-4-2-8-17(19)18-9-3-5-11-20(18)21/h2-5,8-11,13-14,21H,7,15-16H2,1H3,(H,26,29). The van der Waals surface area contributed by atoms with Crippen molar-refractivity contribution in [1.29, 1.82) is 0 Å². The number of carbonyl (C=O) groups excluding carboxylic acids is 1. The lowest BCUT2D eigenvalue weighted by Crippen LogP contribution is -2.26. The molecular formula is C25H21N3O5. The third-order valence-corrected chi connectivity index (χ3v) is 5.32. The highest BCUT2D eigenvalue weighted by atomic mass is 16.6. The minimum atomic E-state index is -0.550. The molecule has 0 saturated carbocycles. The van der Waals surface area contributed by atoms with E-state index in [4.69, 9.17) is 9.47 Å². The van der Waals surface area contributed by atoms with Gasteiger partial charge in [0.2, 0.25) is 5.88 Å². The van der Waals surface area contributed by atoms with E-state index in [-0.39, 0.29) is 42.8 Å². The third kappa shape index (κ3) is 4.77. The highest BCUT2D eigenvalue weighted by Crippen LogP contribution is 2.44. The molecule has 0 fully saturated rings. The Balaban J connectivity index is 1.31. The van der Waals surface area contributed by atoms with E-state index < -0.39 is 11.0 Å². The zero-order valence-electron chi connectivity index (χ0n) is 17.9. The molecule has 166 valence electrons. The van der Waals surface area contributed by atoms with Gasteiger partial charge in [-0.15, -0.1) is 0 Å². The van der Waals surface area contributed by atoms with Crippen molar-refractivity contribution < 1.29 is 19.2 Å². The summed E-state index contributed by atoms with van der Waals surface area (Å²) in [4.78, 5) is 26.8. The van der Waals surface area contributed by atoms with Gasteiger partial charge in [-0.3, -0.25) is 10.1 Å². The number of hydrogen-bond donors (Lipinski definition) is 1. The molecule has 8 nitrogen and oxygen atoms in total. The Morgan fingerprint density at radius 3 is 2.39 bits per heavy atom. The summed E-state index contributed by atoms with van der Waals surface area (Å²) in [7, 11) is 1.42. The lowest BCUT2D eigenvalue weighted by molar-refractivity contribution is -0.385. The number of fused-ring (bicyclic) bond motifs is 3. The average Bonchev–Trinajstić information content (AvgIpc) is 3.16. The highest BCUT2D eigenvalue weighted by molar-refractivity contribution is 5.79. The van der Waals surface area contributed by atoms with Gasteiger partial charge < -0.3 is 14.8 Å². The highest BCUT2D eigenvalue weighted by Gasteiger charge is 2.28. The molecule has 8 heteroatoms. The first-order chi connectivity index (χ1) is 16.1. The van der Waals surface area contributed by atoms with Gasteiger partial charge >= 0.3 is 11.8 Å². The van der Waals surface area contributed by atoms with Gasteiger partial charge in [-0.2, -0.15) is 4.98 Å². The predicted molar refractivity (Wildman–Crippen MR) is 122 cm³/mol. The summed E-state index contributed by atoms with van der Waals surface area (Å²) in [5, 5.41) is 13.8. The van der Waals surface area contributed by atoms with Gasteiger partial charge in [0.15, 0.2) is 5.69 Å². The number of carbonyl (C=O) groups is 1. The Hall–Kier alpha value is -4.38. The summed E-state index contributed by atoms with van der Waals surface area (Å²) >= 11 is 0. The minimum absolute atomic E-state index is 0.0115. The topological polar surface area (TPSA) is 104 Å². The predicted octanol–water partition coefficient (Wildman–Crippen LogP) is 4.28. The van der Waals surface area contributed by atoms with Crippen molar-refractivity contribution in [2.75, 3.05) is 20.3 Å². The summed E-state index contributed by atoms with van der Waals surface area (Å²) in [6.45, 7) is 0.465. The SMILES string of the molecule is COc1ccc([N+](=O)[O-])c(C#CCCNC(=O)OCC2c3ccccc3-c3ccccc32)n1. The smallest absolute Gasteiger partial charge is 0.407 e. The molecule has 1 amide bonds. The minimum Gasteiger partial charge on any atom is -0.481 e. The maximum absolute atomic E-state index is 12.2. The Bertz CT molecular complexity index is 1220. The number of nitrogens with one attached hydrogen (secondary N) is 1. The van der Waals surface area contributed by atoms with Gasteiger partial charge in [0, 0.05) is 31.0 Å². The molecule has 0 radical (unpaired) electrons. The molecule has 1 aliphatic carbocycles. The Labute approximate surface area is 190 Å². The maximum atomic E-state index is 12.2. The fraction of sp³-hybridized carbons (Fsp3) is 0.200. The first kappa shape index (κ1) is 21.8. The fourth-order valence-corrected chi connectivity index (χ4v) is 3.81. The van der Waals surface area contributed by atoms with E-state index in [1.807, 2.05) is 24.3 Å². The monoisotopic (exact) mass is 443 g/mol. The van der Waals surface area contributed by atoms with E-state index in [1.165, 1.54) is 19.2 Å². The van der Waals surface area contributed by atoms with Gasteiger partial charge in [0.05, 0.1) is 12.0 Å². The molecule has 1 heterocycles. The quantitative estimate of drug-likeness (QED) is 0.264. The number of ether oxygens (including phenoxy) is 2. The van der Waals surface area contributed by atoms with Gasteiger partial charge in [-0.1, -0.05) is 54.5 Å². The summed E-state index contributed by atoms with van der Waals surface area (Å²) in [6, 6.07) is 18.9. The number of amides is 1. The van der Waals surface area contributed by atoms with Crippen LogP contribution >= 0.6 is 0 Å². The van der Waals surface area contributed by atoms with E-state index in [0.29, 0.717) is 0 Å². The molecule has 0 bridgehead atoms. The second-order valence-corrected chi connectivity index (χ2v) is 7.28. The Kier molecular flexibility index (Phi) is 6.51. The lowest BCUT2D eigenvalue weighted by Gasteiger charge is -2.14. The number of nitrogens with zero attached hydrogens (tertiary/aromatic N) is 2. The number of alkyl carbamates (subject to hydrolysis) is 1. The zero-order valence-corrected chi connectivity index (χ0v) is 17.9. The van der Waals surface area contributed by atoms with Crippen LogP contribution in [0, 0.1) is 22.0 Å². The summed E-state index contributed by atoms with van der Waals surface area (Å²) in [6.07, 6.45) is -0.260. The van der Waals surface area contributed by atoms with Gasteiger partial charge in [-0.25, -0.2) is 4.79 Å². The lowest BCUT2D eigenvalue weighted by atomic mass is 9.98. The number of rotatable bonds is 6. The largest absolute Gasteiger partial charge is 0.481 e. The number of aromatic nitrogens is 1. The zero-order chi connectivity index (χ0) is 23.2. The van der Waals surface area contributed by atoms with Crippen LogP contribution in [-0.2, 0) is 4.74 Å². The number of benzene rings is 2. The van der Waals surface area contributed by atoms with Gasteiger partial charge in [-0.05, 0) is 28.2 Å². The Morgan fingerprint density at radius 2 is 1.76 bits per heavy atom. The molecule has 0 unspecified atom stereocenters. The number of hydrogen-bond acceptors (Lipinski definition) is 6. The molecular weight excluding hydrogens is 422 g/mol.